The lowest BCUT2D eigenvalue weighted by molar-refractivity contribution is -0.143. The molecule has 0 aliphatic rings. The zero-order valence-electron chi connectivity index (χ0n) is 15.2. The minimum Gasteiger partial charge on any atom is -0.465 e. The van der Waals surface area contributed by atoms with Crippen LogP contribution in [-0.2, 0) is 16.1 Å². The molecule has 2 aromatic heterocycles. The number of thiazole rings is 1. The molecule has 0 bridgehead atoms. The van der Waals surface area contributed by atoms with E-state index >= 15 is 0 Å². The number of esters is 1. The minimum atomic E-state index is -0.526. The molecule has 0 atom stereocenters. The molecule has 0 aliphatic heterocycles. The first-order valence-electron chi connectivity index (χ1n) is 8.48. The topological polar surface area (TPSA) is 78.5 Å². The van der Waals surface area contributed by atoms with Crippen LogP contribution in [-0.4, -0.2) is 32.8 Å². The Bertz CT molecular complexity index is 1060. The smallest absolute Gasteiger partial charge is 0.326 e. The van der Waals surface area contributed by atoms with Gasteiger partial charge in [0, 0.05) is 12.2 Å². The molecule has 0 saturated heterocycles. The van der Waals surface area contributed by atoms with Gasteiger partial charge in [0.15, 0.2) is 4.80 Å². The van der Waals surface area contributed by atoms with E-state index in [0.717, 1.165) is 11.3 Å². The van der Waals surface area contributed by atoms with Crippen LogP contribution in [0, 0.1) is 5.82 Å². The van der Waals surface area contributed by atoms with Gasteiger partial charge in [-0.2, -0.15) is 10.1 Å². The number of hydrogen-bond acceptors (Lipinski definition) is 5. The molecule has 0 fully saturated rings. The molecule has 9 heteroatoms. The van der Waals surface area contributed by atoms with Crippen LogP contribution in [0.25, 0.3) is 10.2 Å². The molecule has 0 unspecified atom stereocenters. The van der Waals surface area contributed by atoms with Crippen LogP contribution in [0.2, 0.25) is 0 Å². The van der Waals surface area contributed by atoms with Gasteiger partial charge in [-0.25, -0.2) is 4.39 Å². The van der Waals surface area contributed by atoms with Crippen LogP contribution in [0.1, 0.15) is 37.3 Å². The minimum absolute atomic E-state index is 0.0133. The van der Waals surface area contributed by atoms with Crippen LogP contribution in [0.5, 0.6) is 0 Å². The van der Waals surface area contributed by atoms with Gasteiger partial charge >= 0.3 is 5.97 Å². The van der Waals surface area contributed by atoms with Gasteiger partial charge in [0.2, 0.25) is 0 Å². The molecule has 0 radical (unpaired) electrons. The number of nitrogens with zero attached hydrogens (tertiary/aromatic N) is 4. The number of benzene rings is 1. The Balaban J connectivity index is 2.14. The van der Waals surface area contributed by atoms with Crippen LogP contribution in [0.4, 0.5) is 4.39 Å². The van der Waals surface area contributed by atoms with Crippen molar-refractivity contribution in [3.8, 4) is 0 Å². The van der Waals surface area contributed by atoms with Crippen LogP contribution in [0.15, 0.2) is 35.5 Å². The SMILES string of the molecule is CCOC(=O)Cn1c(=NC(=O)c2ccnn2C(C)C)sc2cccc(F)c21. The van der Waals surface area contributed by atoms with Gasteiger partial charge in [-0.3, -0.25) is 14.3 Å². The molecular formula is C18H19FN4O3S. The highest BCUT2D eigenvalue weighted by Crippen LogP contribution is 2.20. The fraction of sp³-hybridized carbons (Fsp3) is 0.333. The monoisotopic (exact) mass is 390 g/mol. The second-order valence-electron chi connectivity index (χ2n) is 6.03. The number of carbonyl (C=O) groups is 2. The summed E-state index contributed by atoms with van der Waals surface area (Å²) in [6.45, 7) is 5.48. The third kappa shape index (κ3) is 3.82. The zero-order valence-corrected chi connectivity index (χ0v) is 16.0. The lowest BCUT2D eigenvalue weighted by Gasteiger charge is -2.08. The van der Waals surface area contributed by atoms with Gasteiger partial charge < -0.3 is 9.30 Å². The van der Waals surface area contributed by atoms with Crippen molar-refractivity contribution in [2.24, 2.45) is 4.99 Å². The highest BCUT2D eigenvalue weighted by Gasteiger charge is 2.17. The molecule has 1 aromatic carbocycles. The number of hydrogen-bond donors (Lipinski definition) is 0. The third-order valence-corrected chi connectivity index (χ3v) is 4.86. The summed E-state index contributed by atoms with van der Waals surface area (Å²) < 4.78 is 22.9. The largest absolute Gasteiger partial charge is 0.465 e. The first-order valence-corrected chi connectivity index (χ1v) is 9.30. The molecular weight excluding hydrogens is 371 g/mol. The van der Waals surface area contributed by atoms with E-state index in [1.54, 1.807) is 29.8 Å². The molecule has 0 spiro atoms. The van der Waals surface area contributed by atoms with Gasteiger partial charge in [0.05, 0.1) is 16.8 Å². The number of carbonyl (C=O) groups excluding carboxylic acids is 2. The second-order valence-corrected chi connectivity index (χ2v) is 7.04. The first-order chi connectivity index (χ1) is 12.9. The fourth-order valence-corrected chi connectivity index (χ4v) is 3.74. The van der Waals surface area contributed by atoms with Crippen LogP contribution in [0.3, 0.4) is 0 Å². The quantitative estimate of drug-likeness (QED) is 0.628. The predicted molar refractivity (Wildman–Crippen MR) is 98.9 cm³/mol. The summed E-state index contributed by atoms with van der Waals surface area (Å²) in [5.41, 5.74) is 0.546. The highest BCUT2D eigenvalue weighted by atomic mass is 32.1. The lowest BCUT2D eigenvalue weighted by atomic mass is 10.3. The Hall–Kier alpha value is -2.81. The summed E-state index contributed by atoms with van der Waals surface area (Å²) in [7, 11) is 0. The maximum absolute atomic E-state index is 14.4. The first kappa shape index (κ1) is 19.0. The second kappa shape index (κ2) is 7.83. The van der Waals surface area contributed by atoms with E-state index in [-0.39, 0.29) is 29.5 Å². The van der Waals surface area contributed by atoms with Gasteiger partial charge in [-0.05, 0) is 39.0 Å². The number of aromatic nitrogens is 3. The summed E-state index contributed by atoms with van der Waals surface area (Å²) in [6, 6.07) is 6.15. The van der Waals surface area contributed by atoms with Crippen molar-refractivity contribution in [3.63, 3.8) is 0 Å². The van der Waals surface area contributed by atoms with E-state index in [9.17, 15) is 14.0 Å². The van der Waals surface area contributed by atoms with Gasteiger partial charge in [0.1, 0.15) is 18.1 Å². The Kier molecular flexibility index (Phi) is 5.50. The summed E-state index contributed by atoms with van der Waals surface area (Å²) in [5, 5.41) is 4.13. The molecule has 27 heavy (non-hydrogen) atoms. The zero-order chi connectivity index (χ0) is 19.6. The maximum atomic E-state index is 14.4. The third-order valence-electron chi connectivity index (χ3n) is 3.82. The van der Waals surface area contributed by atoms with Gasteiger partial charge in [-0.1, -0.05) is 17.4 Å². The number of rotatable bonds is 5. The van der Waals surface area contributed by atoms with E-state index in [4.69, 9.17) is 4.74 Å². The van der Waals surface area contributed by atoms with E-state index < -0.39 is 17.7 Å². The van der Waals surface area contributed by atoms with E-state index in [0.29, 0.717) is 10.4 Å². The number of amides is 1. The summed E-state index contributed by atoms with van der Waals surface area (Å²) in [5.74, 6) is -1.53. The van der Waals surface area contributed by atoms with Gasteiger partial charge in [0.25, 0.3) is 5.91 Å². The summed E-state index contributed by atoms with van der Waals surface area (Å²) in [4.78, 5) is 29.0. The molecule has 142 valence electrons. The molecule has 7 nitrogen and oxygen atoms in total. The standard InChI is InChI=1S/C18H19FN4O3S/c1-4-26-15(24)10-22-16-12(19)6-5-7-14(16)27-18(22)21-17(25)13-8-9-20-23(13)11(2)3/h5-9,11H,4,10H2,1-3H3. The Morgan fingerprint density at radius 3 is 2.81 bits per heavy atom. The average Bonchev–Trinajstić information content (AvgIpc) is 3.21. The predicted octanol–water partition coefficient (Wildman–Crippen LogP) is 2.92. The summed E-state index contributed by atoms with van der Waals surface area (Å²) >= 11 is 1.14. The molecule has 3 rings (SSSR count). The number of halogens is 1. The van der Waals surface area contributed by atoms with Crippen molar-refractivity contribution in [1.82, 2.24) is 14.3 Å². The maximum Gasteiger partial charge on any atom is 0.326 e. The van der Waals surface area contributed by atoms with Crippen LogP contribution >= 0.6 is 11.3 Å². The molecule has 0 N–H and O–H groups in total. The fourth-order valence-electron chi connectivity index (χ4n) is 2.69. The van der Waals surface area contributed by atoms with E-state index in [1.807, 2.05) is 13.8 Å². The van der Waals surface area contributed by atoms with Crippen molar-refractivity contribution in [2.45, 2.75) is 33.4 Å². The highest BCUT2D eigenvalue weighted by molar-refractivity contribution is 7.16. The Morgan fingerprint density at radius 2 is 2.11 bits per heavy atom. The van der Waals surface area contributed by atoms with Crippen molar-refractivity contribution < 1.29 is 18.7 Å². The Labute approximate surface area is 158 Å². The van der Waals surface area contributed by atoms with E-state index in [2.05, 4.69) is 10.1 Å². The molecule has 1 amide bonds. The normalized spacial score (nSPS) is 12.1. The van der Waals surface area contributed by atoms with E-state index in [1.165, 1.54) is 16.8 Å². The average molecular weight is 390 g/mol. The van der Waals surface area contributed by atoms with Crippen molar-refractivity contribution >= 4 is 33.4 Å². The molecule has 0 aliphatic carbocycles. The van der Waals surface area contributed by atoms with Crippen molar-refractivity contribution in [3.05, 3.63) is 46.8 Å². The molecule has 2 heterocycles. The van der Waals surface area contributed by atoms with Crippen molar-refractivity contribution in [2.75, 3.05) is 6.61 Å². The van der Waals surface area contributed by atoms with Crippen LogP contribution < -0.4 is 4.80 Å². The molecule has 3 aromatic rings. The number of ether oxygens (including phenoxy) is 1. The number of fused-ring (bicyclic) bond motifs is 1. The molecule has 0 saturated carbocycles. The lowest BCUT2D eigenvalue weighted by Crippen LogP contribution is -2.24. The van der Waals surface area contributed by atoms with Crippen molar-refractivity contribution in [1.29, 1.82) is 0 Å². The summed E-state index contributed by atoms with van der Waals surface area (Å²) in [6.07, 6.45) is 1.53. The Morgan fingerprint density at radius 1 is 1.33 bits per heavy atom. The van der Waals surface area contributed by atoms with Gasteiger partial charge in [-0.15, -0.1) is 0 Å². The number of para-hydroxylation sites is 1.